The lowest BCUT2D eigenvalue weighted by Gasteiger charge is -2.21. The Morgan fingerprint density at radius 1 is 0.279 bits per heavy atom. The van der Waals surface area contributed by atoms with E-state index in [1.165, 1.54) is 270 Å². The van der Waals surface area contributed by atoms with E-state index in [9.17, 15) is 43.2 Å². The van der Waals surface area contributed by atoms with Crippen molar-refractivity contribution in [2.45, 2.75) is 471 Å². The summed E-state index contributed by atoms with van der Waals surface area (Å²) in [6, 6.07) is 0. The number of phosphoric acid groups is 2. The van der Waals surface area contributed by atoms with Gasteiger partial charge in [0.1, 0.15) is 19.3 Å². The second-order valence-corrected chi connectivity index (χ2v) is 34.2. The van der Waals surface area contributed by atoms with E-state index < -0.39 is 97.5 Å². The molecule has 6 atom stereocenters. The molecule has 0 aromatic heterocycles. The number of aliphatic hydroxyl groups is 1. The summed E-state index contributed by atoms with van der Waals surface area (Å²) < 4.78 is 68.8. The maximum absolute atomic E-state index is 13.1. The van der Waals surface area contributed by atoms with Crippen molar-refractivity contribution in [1.29, 1.82) is 0 Å². The van der Waals surface area contributed by atoms with Crippen LogP contribution >= 0.6 is 15.6 Å². The molecular formula is C85H166O17P2. The predicted molar refractivity (Wildman–Crippen MR) is 428 cm³/mol. The SMILES string of the molecule is CCCCCCCCCCCCCCCCCCCCCCC(=O)OC[C@H](COP(=O)(O)OC[C@@H](O)COP(=O)(O)OC[C@@H](COC(=O)CCCCCCCCCCCCC)OC(=O)CCCCCCCCCCC(C)CC)OC(=O)CCCCCCCCCCCCCCCCCCCCC(C)C. The van der Waals surface area contributed by atoms with Crippen LogP contribution < -0.4 is 0 Å². The minimum atomic E-state index is -4.97. The number of ether oxygens (including phenoxy) is 4. The molecule has 0 saturated carbocycles. The van der Waals surface area contributed by atoms with Gasteiger partial charge in [-0.25, -0.2) is 9.13 Å². The highest BCUT2D eigenvalue weighted by Crippen LogP contribution is 2.45. The molecule has 0 rings (SSSR count). The lowest BCUT2D eigenvalue weighted by Crippen LogP contribution is -2.30. The van der Waals surface area contributed by atoms with Crippen molar-refractivity contribution in [3.63, 3.8) is 0 Å². The number of rotatable bonds is 84. The number of hydrogen-bond donors (Lipinski definition) is 3. The second kappa shape index (κ2) is 76.4. The summed E-state index contributed by atoms with van der Waals surface area (Å²) >= 11 is 0. The molecule has 104 heavy (non-hydrogen) atoms. The number of esters is 4. The summed E-state index contributed by atoms with van der Waals surface area (Å²) in [7, 11) is -9.92. The van der Waals surface area contributed by atoms with Crippen molar-refractivity contribution in [2.24, 2.45) is 11.8 Å². The summed E-state index contributed by atoms with van der Waals surface area (Å²) in [6.07, 6.45) is 68.1. The number of carbonyl (C=O) groups excluding carboxylic acids is 4. The number of unbranched alkanes of at least 4 members (excludes halogenated alkanes) is 53. The molecule has 618 valence electrons. The normalized spacial score (nSPS) is 14.1. The molecule has 0 saturated heterocycles. The van der Waals surface area contributed by atoms with Crippen LogP contribution in [0.4, 0.5) is 0 Å². The molecule has 0 aliphatic rings. The molecule has 0 aliphatic carbocycles. The molecule has 3 unspecified atom stereocenters. The van der Waals surface area contributed by atoms with Gasteiger partial charge < -0.3 is 33.8 Å². The number of hydrogen-bond acceptors (Lipinski definition) is 15. The van der Waals surface area contributed by atoms with Crippen LogP contribution in [0, 0.1) is 11.8 Å². The van der Waals surface area contributed by atoms with E-state index in [4.69, 9.17) is 37.0 Å². The molecule has 3 N–H and O–H groups in total. The molecule has 0 amide bonds. The molecule has 17 nitrogen and oxygen atoms in total. The number of carbonyl (C=O) groups is 4. The molecule has 0 heterocycles. The Hall–Kier alpha value is -1.94. The van der Waals surface area contributed by atoms with Crippen LogP contribution in [0.25, 0.3) is 0 Å². The molecular weight excluding hydrogens is 1350 g/mol. The van der Waals surface area contributed by atoms with Gasteiger partial charge in [-0.2, -0.15) is 0 Å². The Kier molecular flexibility index (Phi) is 75.0. The molecule has 0 spiro atoms. The van der Waals surface area contributed by atoms with E-state index in [2.05, 4.69) is 41.5 Å². The minimum Gasteiger partial charge on any atom is -0.462 e. The average Bonchev–Trinajstić information content (AvgIpc) is 0.906. The van der Waals surface area contributed by atoms with Gasteiger partial charge in [0, 0.05) is 25.7 Å². The fourth-order valence-electron chi connectivity index (χ4n) is 13.2. The van der Waals surface area contributed by atoms with Gasteiger partial charge in [0.15, 0.2) is 12.2 Å². The first kappa shape index (κ1) is 102. The molecule has 0 aliphatic heterocycles. The van der Waals surface area contributed by atoms with Gasteiger partial charge in [0.05, 0.1) is 26.4 Å². The van der Waals surface area contributed by atoms with Gasteiger partial charge in [0.25, 0.3) is 0 Å². The quantitative estimate of drug-likeness (QED) is 0.0222. The topological polar surface area (TPSA) is 237 Å². The standard InChI is InChI=1S/C85H166O17P2/c1-7-10-12-14-16-18-20-21-22-23-24-25-29-32-35-39-43-50-56-62-68-83(88)96-73-80(101-84(89)69-63-57-51-44-40-36-33-30-27-26-28-31-34-38-41-47-53-59-65-77(4)5)75-99-103(91,92)97-71-79(86)72-98-104(93,94)100-76-81(74-95-82(87)67-61-55-49-42-37-19-17-15-13-11-8-2)102-85(90)70-64-58-52-46-45-48-54-60-66-78(6)9-3/h77-81,86H,7-76H2,1-6H3,(H,91,92)(H,93,94)/t78?,79-,80-,81-/m1/s1. The molecule has 0 bridgehead atoms. The van der Waals surface area contributed by atoms with Crippen LogP contribution in [-0.4, -0.2) is 96.7 Å². The van der Waals surface area contributed by atoms with Gasteiger partial charge in [-0.05, 0) is 37.5 Å². The maximum Gasteiger partial charge on any atom is 0.472 e. The Bertz CT molecular complexity index is 2000. The average molecular weight is 1520 g/mol. The van der Waals surface area contributed by atoms with Crippen LogP contribution in [0.15, 0.2) is 0 Å². The Labute approximate surface area is 638 Å². The Morgan fingerprint density at radius 2 is 0.490 bits per heavy atom. The largest absolute Gasteiger partial charge is 0.472 e. The zero-order valence-corrected chi connectivity index (χ0v) is 70.1. The first-order chi connectivity index (χ1) is 50.4. The molecule has 0 radical (unpaired) electrons. The van der Waals surface area contributed by atoms with E-state index >= 15 is 0 Å². The van der Waals surface area contributed by atoms with Crippen LogP contribution in [-0.2, 0) is 65.4 Å². The molecule has 0 aromatic carbocycles. The smallest absolute Gasteiger partial charge is 0.462 e. The fraction of sp³-hybridized carbons (Fsp3) is 0.953. The number of aliphatic hydroxyl groups excluding tert-OH is 1. The maximum atomic E-state index is 13.1. The first-order valence-corrected chi connectivity index (χ1v) is 47.0. The number of phosphoric ester groups is 2. The molecule has 0 aromatic rings. The van der Waals surface area contributed by atoms with Crippen LogP contribution in [0.3, 0.4) is 0 Å². The summed E-state index contributed by atoms with van der Waals surface area (Å²) in [5.74, 6) is -0.515. The highest BCUT2D eigenvalue weighted by atomic mass is 31.2. The molecule has 19 heteroatoms. The van der Waals surface area contributed by atoms with Gasteiger partial charge in [-0.15, -0.1) is 0 Å². The van der Waals surface area contributed by atoms with Crippen molar-refractivity contribution in [3.05, 3.63) is 0 Å². The zero-order valence-electron chi connectivity index (χ0n) is 68.3. The van der Waals surface area contributed by atoms with Gasteiger partial charge in [0.2, 0.25) is 0 Å². The lowest BCUT2D eigenvalue weighted by molar-refractivity contribution is -0.161. The van der Waals surface area contributed by atoms with Crippen molar-refractivity contribution in [1.82, 2.24) is 0 Å². The highest BCUT2D eigenvalue weighted by molar-refractivity contribution is 7.47. The summed E-state index contributed by atoms with van der Waals surface area (Å²) in [5, 5.41) is 10.7. The third-order valence-electron chi connectivity index (χ3n) is 20.3. The summed E-state index contributed by atoms with van der Waals surface area (Å²) in [6.45, 7) is 9.69. The fourth-order valence-corrected chi connectivity index (χ4v) is 14.8. The van der Waals surface area contributed by atoms with E-state index in [0.717, 1.165) is 102 Å². The van der Waals surface area contributed by atoms with Crippen molar-refractivity contribution in [2.75, 3.05) is 39.6 Å². The third kappa shape index (κ3) is 76.8. The third-order valence-corrected chi connectivity index (χ3v) is 22.2. The Morgan fingerprint density at radius 3 is 0.731 bits per heavy atom. The van der Waals surface area contributed by atoms with Crippen molar-refractivity contribution < 1.29 is 80.2 Å². The van der Waals surface area contributed by atoms with Gasteiger partial charge in [-0.3, -0.25) is 37.3 Å². The second-order valence-electron chi connectivity index (χ2n) is 31.3. The van der Waals surface area contributed by atoms with E-state index in [1.54, 1.807) is 0 Å². The van der Waals surface area contributed by atoms with Gasteiger partial charge in [-0.1, -0.05) is 401 Å². The highest BCUT2D eigenvalue weighted by Gasteiger charge is 2.30. The van der Waals surface area contributed by atoms with Gasteiger partial charge >= 0.3 is 39.5 Å². The van der Waals surface area contributed by atoms with Crippen LogP contribution in [0.5, 0.6) is 0 Å². The zero-order chi connectivity index (χ0) is 76.4. The van der Waals surface area contributed by atoms with E-state index in [0.29, 0.717) is 25.7 Å². The van der Waals surface area contributed by atoms with Crippen LogP contribution in [0.2, 0.25) is 0 Å². The Balaban J connectivity index is 5.22. The van der Waals surface area contributed by atoms with Crippen LogP contribution in [0.1, 0.15) is 452 Å². The predicted octanol–water partition coefficient (Wildman–Crippen LogP) is 25.8. The monoisotopic (exact) mass is 1520 g/mol. The molecule has 0 fully saturated rings. The first-order valence-electron chi connectivity index (χ1n) is 44.0. The van der Waals surface area contributed by atoms with E-state index in [-0.39, 0.29) is 25.7 Å². The van der Waals surface area contributed by atoms with E-state index in [1.807, 2.05) is 0 Å². The minimum absolute atomic E-state index is 0.106. The summed E-state index contributed by atoms with van der Waals surface area (Å²) in [5.41, 5.74) is 0. The van der Waals surface area contributed by atoms with Crippen molar-refractivity contribution >= 4 is 39.5 Å². The summed E-state index contributed by atoms with van der Waals surface area (Å²) in [4.78, 5) is 73.1. The lowest BCUT2D eigenvalue weighted by atomic mass is 9.99. The van der Waals surface area contributed by atoms with Crippen molar-refractivity contribution in [3.8, 4) is 0 Å².